The van der Waals surface area contributed by atoms with Crippen molar-refractivity contribution in [2.75, 3.05) is 0 Å². The molecule has 1 aliphatic rings. The number of carboxylic acids is 1. The van der Waals surface area contributed by atoms with E-state index in [0.717, 1.165) is 22.7 Å². The number of allylic oxidation sites excluding steroid dienone is 2. The predicted octanol–water partition coefficient (Wildman–Crippen LogP) is 9.29. The Balaban J connectivity index is 1.74. The van der Waals surface area contributed by atoms with Crippen LogP contribution in [0.1, 0.15) is 31.2 Å². The van der Waals surface area contributed by atoms with Gasteiger partial charge in [-0.05, 0) is 60.4 Å². The first-order valence-corrected chi connectivity index (χ1v) is 12.9. The minimum absolute atomic E-state index is 0.00369. The van der Waals surface area contributed by atoms with E-state index in [-0.39, 0.29) is 20.9 Å². The lowest BCUT2D eigenvalue weighted by Gasteiger charge is -2.25. The van der Waals surface area contributed by atoms with Gasteiger partial charge < -0.3 is 5.11 Å². The van der Waals surface area contributed by atoms with Gasteiger partial charge in [-0.2, -0.15) is 26.3 Å². The topological polar surface area (TPSA) is 37.3 Å². The summed E-state index contributed by atoms with van der Waals surface area (Å²) in [5.41, 5.74) is -2.43. The Morgan fingerprint density at radius 1 is 0.684 bits per heavy atom. The third-order valence-electron chi connectivity index (χ3n) is 6.52. The van der Waals surface area contributed by atoms with Gasteiger partial charge in [0.05, 0.1) is 5.56 Å². The van der Waals surface area contributed by atoms with Gasteiger partial charge in [-0.15, -0.1) is 22.7 Å². The van der Waals surface area contributed by atoms with Crippen molar-refractivity contribution >= 4 is 39.8 Å². The van der Waals surface area contributed by atoms with Crippen molar-refractivity contribution in [3.63, 3.8) is 0 Å². The van der Waals surface area contributed by atoms with Crippen molar-refractivity contribution in [2.24, 2.45) is 0 Å². The SMILES string of the molecule is Cc1sc(-c2ccccc2)cc1C1=C(c2cc(-c3ccc(C(=O)O)cc3)sc2C)C(F)(F)C(F)(F)C1(F)F. The zero-order valence-corrected chi connectivity index (χ0v) is 21.4. The molecule has 2 nitrogen and oxygen atoms in total. The highest BCUT2D eigenvalue weighted by molar-refractivity contribution is 7.16. The minimum atomic E-state index is -5.65. The molecule has 2 aromatic carbocycles. The Labute approximate surface area is 221 Å². The summed E-state index contributed by atoms with van der Waals surface area (Å²) in [4.78, 5) is 12.3. The summed E-state index contributed by atoms with van der Waals surface area (Å²) in [6, 6.07) is 16.6. The van der Waals surface area contributed by atoms with Crippen LogP contribution in [0.5, 0.6) is 0 Å². The first kappa shape index (κ1) is 26.2. The van der Waals surface area contributed by atoms with Gasteiger partial charge in [-0.1, -0.05) is 42.5 Å². The molecule has 0 bridgehead atoms. The fourth-order valence-electron chi connectivity index (χ4n) is 4.56. The molecule has 4 aromatic rings. The highest BCUT2D eigenvalue weighted by Gasteiger charge is 2.80. The Bertz CT molecular complexity index is 1580. The van der Waals surface area contributed by atoms with Crippen LogP contribution >= 0.6 is 22.7 Å². The van der Waals surface area contributed by atoms with Gasteiger partial charge >= 0.3 is 23.7 Å². The maximum atomic E-state index is 15.4. The van der Waals surface area contributed by atoms with Gasteiger partial charge in [0.15, 0.2) is 0 Å². The van der Waals surface area contributed by atoms with Crippen LogP contribution in [-0.4, -0.2) is 28.8 Å². The Morgan fingerprint density at radius 3 is 1.53 bits per heavy atom. The molecule has 2 heterocycles. The second-order valence-electron chi connectivity index (χ2n) is 8.88. The van der Waals surface area contributed by atoms with Crippen molar-refractivity contribution in [3.05, 3.63) is 93.2 Å². The smallest absolute Gasteiger partial charge is 0.380 e. The van der Waals surface area contributed by atoms with Crippen molar-refractivity contribution in [1.82, 2.24) is 0 Å². The van der Waals surface area contributed by atoms with Crippen molar-refractivity contribution in [2.45, 2.75) is 31.6 Å². The van der Waals surface area contributed by atoms with Gasteiger partial charge in [0.1, 0.15) is 0 Å². The average Bonchev–Trinajstić information content (AvgIpc) is 3.47. The van der Waals surface area contributed by atoms with Crippen LogP contribution in [0.4, 0.5) is 26.3 Å². The summed E-state index contributed by atoms with van der Waals surface area (Å²) < 4.78 is 91.0. The number of benzene rings is 2. The second kappa shape index (κ2) is 8.84. The lowest BCUT2D eigenvalue weighted by Crippen LogP contribution is -2.48. The van der Waals surface area contributed by atoms with Gasteiger partial charge in [0, 0.05) is 30.7 Å². The molecule has 0 saturated heterocycles. The van der Waals surface area contributed by atoms with E-state index < -0.39 is 40.4 Å². The summed E-state index contributed by atoms with van der Waals surface area (Å²) in [7, 11) is 0. The van der Waals surface area contributed by atoms with Gasteiger partial charge in [-0.25, -0.2) is 4.79 Å². The number of thiophene rings is 2. The van der Waals surface area contributed by atoms with Crippen LogP contribution in [0.3, 0.4) is 0 Å². The minimum Gasteiger partial charge on any atom is -0.478 e. The molecule has 0 amide bonds. The van der Waals surface area contributed by atoms with E-state index in [1.807, 2.05) is 0 Å². The highest BCUT2D eigenvalue weighted by atomic mass is 32.1. The number of carbonyl (C=O) groups is 1. The molecule has 0 spiro atoms. The number of aryl methyl sites for hydroxylation is 2. The summed E-state index contributed by atoms with van der Waals surface area (Å²) in [6.45, 7) is 2.85. The fraction of sp³-hybridized carbons (Fsp3) is 0.179. The molecule has 1 aliphatic carbocycles. The standard InChI is InChI=1S/C28H18F6O2S2/c1-14-19(12-21(37-14)16-6-4-3-5-7-16)23-24(27(31,32)28(33,34)26(23,29)30)20-13-22(38-15(20)2)17-8-10-18(11-9-17)25(35)36/h3-13H,1-2H3,(H,35,36). The number of alkyl halides is 6. The lowest BCUT2D eigenvalue weighted by atomic mass is 9.94. The first-order chi connectivity index (χ1) is 17.8. The lowest BCUT2D eigenvalue weighted by molar-refractivity contribution is -0.254. The van der Waals surface area contributed by atoms with Crippen LogP contribution in [0.25, 0.3) is 32.0 Å². The van der Waals surface area contributed by atoms with Crippen molar-refractivity contribution < 1.29 is 36.2 Å². The number of halogens is 6. The number of hydrogen-bond acceptors (Lipinski definition) is 3. The van der Waals surface area contributed by atoms with E-state index in [4.69, 9.17) is 5.11 Å². The summed E-state index contributed by atoms with van der Waals surface area (Å²) in [5, 5.41) is 9.10. The molecule has 0 radical (unpaired) electrons. The van der Waals surface area contributed by atoms with E-state index >= 15 is 17.6 Å². The third kappa shape index (κ3) is 3.80. The first-order valence-electron chi connectivity index (χ1n) is 11.3. The van der Waals surface area contributed by atoms with Crippen LogP contribution in [0, 0.1) is 13.8 Å². The molecule has 10 heteroatoms. The number of hydrogen-bond donors (Lipinski definition) is 1. The zero-order chi connectivity index (χ0) is 27.6. The predicted molar refractivity (Wildman–Crippen MR) is 138 cm³/mol. The average molecular weight is 565 g/mol. The molecule has 0 saturated carbocycles. The molecule has 196 valence electrons. The quantitative estimate of drug-likeness (QED) is 0.245. The Hall–Kier alpha value is -3.37. The van der Waals surface area contributed by atoms with Gasteiger partial charge in [0.25, 0.3) is 0 Å². The van der Waals surface area contributed by atoms with E-state index in [2.05, 4.69) is 0 Å². The molecule has 0 fully saturated rings. The van der Waals surface area contributed by atoms with Crippen molar-refractivity contribution in [1.29, 1.82) is 0 Å². The number of rotatable bonds is 5. The Kier molecular flexibility index (Phi) is 6.11. The van der Waals surface area contributed by atoms with Gasteiger partial charge in [0.2, 0.25) is 0 Å². The Morgan fingerprint density at radius 2 is 1.11 bits per heavy atom. The van der Waals surface area contributed by atoms with E-state index in [1.165, 1.54) is 50.2 Å². The zero-order valence-electron chi connectivity index (χ0n) is 19.8. The molecule has 1 N–H and O–H groups in total. The maximum absolute atomic E-state index is 15.4. The van der Waals surface area contributed by atoms with Crippen LogP contribution < -0.4 is 0 Å². The fourth-order valence-corrected chi connectivity index (χ4v) is 6.62. The monoisotopic (exact) mass is 564 g/mol. The largest absolute Gasteiger partial charge is 0.478 e. The molecule has 2 aromatic heterocycles. The number of carboxylic acid groups (broad SMARTS) is 1. The molecule has 38 heavy (non-hydrogen) atoms. The van der Waals surface area contributed by atoms with E-state index in [0.29, 0.717) is 20.9 Å². The molecule has 0 atom stereocenters. The molecule has 0 unspecified atom stereocenters. The molecular formula is C28H18F6O2S2. The summed E-state index contributed by atoms with van der Waals surface area (Å²) >= 11 is 2.03. The molecule has 5 rings (SSSR count). The molecule has 0 aliphatic heterocycles. The van der Waals surface area contributed by atoms with Crippen molar-refractivity contribution in [3.8, 4) is 20.9 Å². The van der Waals surface area contributed by atoms with Crippen LogP contribution in [0.15, 0.2) is 66.7 Å². The third-order valence-corrected chi connectivity index (χ3v) is 8.71. The second-order valence-corrected chi connectivity index (χ2v) is 11.4. The molecular weight excluding hydrogens is 546 g/mol. The van der Waals surface area contributed by atoms with E-state index in [1.54, 1.807) is 30.3 Å². The maximum Gasteiger partial charge on any atom is 0.380 e. The van der Waals surface area contributed by atoms with Gasteiger partial charge in [-0.3, -0.25) is 0 Å². The summed E-state index contributed by atoms with van der Waals surface area (Å²) in [6.07, 6.45) is 0. The van der Waals surface area contributed by atoms with E-state index in [9.17, 15) is 13.6 Å². The number of aromatic carboxylic acids is 1. The van der Waals surface area contributed by atoms with Crippen LogP contribution in [0.2, 0.25) is 0 Å². The highest BCUT2D eigenvalue weighted by Crippen LogP contribution is 2.66. The normalized spacial score (nSPS) is 17.7. The van der Waals surface area contributed by atoms with Crippen LogP contribution in [-0.2, 0) is 0 Å². The summed E-state index contributed by atoms with van der Waals surface area (Å²) in [5.74, 6) is -17.1.